The molecule has 1 aromatic carbocycles. The van der Waals surface area contributed by atoms with Crippen LogP contribution < -0.4 is 5.32 Å². The lowest BCUT2D eigenvalue weighted by Crippen LogP contribution is -2.15. The average Bonchev–Trinajstić information content (AvgIpc) is 3.07. The van der Waals surface area contributed by atoms with Crippen molar-refractivity contribution in [3.8, 4) is 17.1 Å². The monoisotopic (exact) mass is 381 g/mol. The summed E-state index contributed by atoms with van der Waals surface area (Å²) < 4.78 is 1.89. The van der Waals surface area contributed by atoms with Crippen LogP contribution >= 0.6 is 11.8 Å². The van der Waals surface area contributed by atoms with Gasteiger partial charge in [0, 0.05) is 24.5 Å². The van der Waals surface area contributed by atoms with Crippen LogP contribution in [0.25, 0.3) is 11.4 Å². The van der Waals surface area contributed by atoms with E-state index in [1.807, 2.05) is 23.6 Å². The van der Waals surface area contributed by atoms with E-state index in [0.29, 0.717) is 23.2 Å². The molecule has 0 spiro atoms. The maximum absolute atomic E-state index is 12.3. The third-order valence-corrected chi connectivity index (χ3v) is 4.69. The Morgan fingerprint density at radius 1 is 1.30 bits per heavy atom. The summed E-state index contributed by atoms with van der Waals surface area (Å²) in [4.78, 5) is 16.3. The Morgan fingerprint density at radius 2 is 2.07 bits per heavy atom. The Hall–Kier alpha value is -3.13. The molecule has 2 N–H and O–H groups in total. The number of aryl methyl sites for hydroxylation is 1. The molecule has 0 saturated heterocycles. The summed E-state index contributed by atoms with van der Waals surface area (Å²) in [6.45, 7) is 6.19. The Balaban J connectivity index is 1.72. The van der Waals surface area contributed by atoms with Crippen LogP contribution in [0.15, 0.2) is 60.5 Å². The van der Waals surface area contributed by atoms with Crippen molar-refractivity contribution >= 4 is 23.4 Å². The molecule has 0 atom stereocenters. The van der Waals surface area contributed by atoms with Crippen molar-refractivity contribution in [3.63, 3.8) is 0 Å². The van der Waals surface area contributed by atoms with E-state index >= 15 is 0 Å². The topological polar surface area (TPSA) is 92.9 Å². The zero-order valence-electron chi connectivity index (χ0n) is 14.8. The lowest BCUT2D eigenvalue weighted by Gasteiger charge is -2.09. The minimum Gasteiger partial charge on any atom is -0.506 e. The number of phenolic OH excluding ortho intramolecular Hbond substituents is 1. The number of nitrogens with zero attached hydrogens (tertiary/aromatic N) is 4. The number of phenols is 1. The number of pyridine rings is 1. The molecule has 0 fully saturated rings. The number of nitrogens with one attached hydrogen (secondary N) is 1. The molecule has 0 radical (unpaired) electrons. The highest BCUT2D eigenvalue weighted by atomic mass is 32.2. The molecule has 2 aromatic heterocycles. The minimum atomic E-state index is -0.237. The van der Waals surface area contributed by atoms with E-state index in [4.69, 9.17) is 0 Å². The molecular formula is C19H19N5O2S. The van der Waals surface area contributed by atoms with Gasteiger partial charge in [-0.2, -0.15) is 0 Å². The maximum Gasteiger partial charge on any atom is 0.234 e. The smallest absolute Gasteiger partial charge is 0.234 e. The van der Waals surface area contributed by atoms with E-state index in [1.165, 1.54) is 11.8 Å². The van der Waals surface area contributed by atoms with Gasteiger partial charge in [-0.1, -0.05) is 23.9 Å². The van der Waals surface area contributed by atoms with Crippen LogP contribution in [0, 0.1) is 6.92 Å². The number of amides is 1. The van der Waals surface area contributed by atoms with Gasteiger partial charge in [-0.15, -0.1) is 16.8 Å². The molecule has 3 rings (SSSR count). The number of carbonyl (C=O) groups is 1. The number of allylic oxidation sites excluding steroid dienone is 1. The summed E-state index contributed by atoms with van der Waals surface area (Å²) in [5, 5.41) is 21.6. The highest BCUT2D eigenvalue weighted by Gasteiger charge is 2.15. The lowest BCUT2D eigenvalue weighted by atomic mass is 10.2. The second-order valence-corrected chi connectivity index (χ2v) is 6.74. The van der Waals surface area contributed by atoms with Gasteiger partial charge in [0.05, 0.1) is 11.4 Å². The number of thioether (sulfide) groups is 1. The molecule has 0 saturated carbocycles. The molecular weight excluding hydrogens is 362 g/mol. The second-order valence-electron chi connectivity index (χ2n) is 5.80. The quantitative estimate of drug-likeness (QED) is 0.371. The number of carbonyl (C=O) groups excluding carboxylic acids is 1. The van der Waals surface area contributed by atoms with Crippen LogP contribution in [-0.2, 0) is 11.3 Å². The van der Waals surface area contributed by atoms with Crippen LogP contribution in [0.5, 0.6) is 5.75 Å². The predicted octanol–water partition coefficient (Wildman–Crippen LogP) is 3.27. The first-order valence-electron chi connectivity index (χ1n) is 8.25. The minimum absolute atomic E-state index is 0.0359. The molecule has 8 heteroatoms. The molecule has 0 aliphatic heterocycles. The van der Waals surface area contributed by atoms with Crippen molar-refractivity contribution in [1.29, 1.82) is 0 Å². The molecule has 2 heterocycles. The first-order chi connectivity index (χ1) is 13.1. The SMILES string of the molecule is C=CCn1c(SCC(=O)Nc2cc(C)ccc2O)nnc1-c1ccncc1. The van der Waals surface area contributed by atoms with Gasteiger partial charge in [-0.05, 0) is 36.8 Å². The molecule has 7 nitrogen and oxygen atoms in total. The van der Waals surface area contributed by atoms with Crippen LogP contribution in [0.1, 0.15) is 5.56 Å². The second kappa shape index (κ2) is 8.50. The Bertz CT molecular complexity index is 956. The third-order valence-electron chi connectivity index (χ3n) is 3.73. The van der Waals surface area contributed by atoms with Gasteiger partial charge in [-0.25, -0.2) is 0 Å². The van der Waals surface area contributed by atoms with Crippen LogP contribution in [0.3, 0.4) is 0 Å². The lowest BCUT2D eigenvalue weighted by molar-refractivity contribution is -0.113. The van der Waals surface area contributed by atoms with Crippen LogP contribution in [0.4, 0.5) is 5.69 Å². The van der Waals surface area contributed by atoms with E-state index in [2.05, 4.69) is 27.1 Å². The van der Waals surface area contributed by atoms with E-state index < -0.39 is 0 Å². The van der Waals surface area contributed by atoms with E-state index in [0.717, 1.165) is 11.1 Å². The van der Waals surface area contributed by atoms with Crippen molar-refractivity contribution in [2.75, 3.05) is 11.1 Å². The Labute approximate surface area is 161 Å². The normalized spacial score (nSPS) is 10.6. The molecule has 0 unspecified atom stereocenters. The van der Waals surface area contributed by atoms with Gasteiger partial charge in [0.2, 0.25) is 5.91 Å². The maximum atomic E-state index is 12.3. The molecule has 0 aliphatic carbocycles. The number of hydrogen-bond acceptors (Lipinski definition) is 6. The van der Waals surface area contributed by atoms with Gasteiger partial charge in [0.15, 0.2) is 11.0 Å². The molecule has 27 heavy (non-hydrogen) atoms. The zero-order chi connectivity index (χ0) is 19.2. The number of aromatic nitrogens is 4. The number of hydrogen-bond donors (Lipinski definition) is 2. The fourth-order valence-corrected chi connectivity index (χ4v) is 3.22. The molecule has 3 aromatic rings. The van der Waals surface area contributed by atoms with Crippen molar-refractivity contribution in [2.45, 2.75) is 18.6 Å². The summed E-state index contributed by atoms with van der Waals surface area (Å²) in [6.07, 6.45) is 5.14. The van der Waals surface area contributed by atoms with E-state index in [1.54, 1.807) is 36.7 Å². The largest absolute Gasteiger partial charge is 0.506 e. The number of aromatic hydroxyl groups is 1. The first kappa shape index (κ1) is 18.7. The van der Waals surface area contributed by atoms with Crippen molar-refractivity contribution in [1.82, 2.24) is 19.7 Å². The summed E-state index contributed by atoms with van der Waals surface area (Å²) in [6, 6.07) is 8.76. The molecule has 138 valence electrons. The summed E-state index contributed by atoms with van der Waals surface area (Å²) in [5.41, 5.74) is 2.23. The Kier molecular flexibility index (Phi) is 5.87. The standard InChI is InChI=1S/C19H19N5O2S/c1-3-10-24-18(14-6-8-20-9-7-14)22-23-19(24)27-12-17(26)21-15-11-13(2)4-5-16(15)25/h3-9,11,25H,1,10,12H2,2H3,(H,21,26). The van der Waals surface area contributed by atoms with E-state index in [-0.39, 0.29) is 17.4 Å². The van der Waals surface area contributed by atoms with Gasteiger partial charge >= 0.3 is 0 Å². The van der Waals surface area contributed by atoms with Gasteiger partial charge in [0.25, 0.3) is 0 Å². The number of benzene rings is 1. The highest BCUT2D eigenvalue weighted by Crippen LogP contribution is 2.26. The van der Waals surface area contributed by atoms with Crippen molar-refractivity contribution in [2.24, 2.45) is 0 Å². The van der Waals surface area contributed by atoms with Gasteiger partial charge < -0.3 is 10.4 Å². The number of rotatable bonds is 7. The zero-order valence-corrected chi connectivity index (χ0v) is 15.6. The summed E-state index contributed by atoms with van der Waals surface area (Å²) in [5.74, 6) is 0.628. The fraction of sp³-hybridized carbons (Fsp3) is 0.158. The fourth-order valence-electron chi connectivity index (χ4n) is 2.47. The molecule has 1 amide bonds. The van der Waals surface area contributed by atoms with Crippen LogP contribution in [-0.4, -0.2) is 36.5 Å². The van der Waals surface area contributed by atoms with Gasteiger partial charge in [0.1, 0.15) is 5.75 Å². The van der Waals surface area contributed by atoms with Gasteiger partial charge in [-0.3, -0.25) is 14.3 Å². The third kappa shape index (κ3) is 4.53. The van der Waals surface area contributed by atoms with E-state index in [9.17, 15) is 9.90 Å². The van der Waals surface area contributed by atoms with Crippen molar-refractivity contribution in [3.05, 3.63) is 60.9 Å². The molecule has 0 bridgehead atoms. The highest BCUT2D eigenvalue weighted by molar-refractivity contribution is 7.99. The van der Waals surface area contributed by atoms with Crippen molar-refractivity contribution < 1.29 is 9.90 Å². The predicted molar refractivity (Wildman–Crippen MR) is 106 cm³/mol. The first-order valence-corrected chi connectivity index (χ1v) is 9.24. The summed E-state index contributed by atoms with van der Waals surface area (Å²) in [7, 11) is 0. The average molecular weight is 381 g/mol. The Morgan fingerprint density at radius 3 is 2.81 bits per heavy atom. The van der Waals surface area contributed by atoms with Crippen LogP contribution in [0.2, 0.25) is 0 Å². The molecule has 0 aliphatic rings. The number of anilines is 1. The summed E-state index contributed by atoms with van der Waals surface area (Å²) >= 11 is 1.27.